The summed E-state index contributed by atoms with van der Waals surface area (Å²) in [6.45, 7) is -0.506. The quantitative estimate of drug-likeness (QED) is 0.545. The molecule has 1 aromatic carbocycles. The first-order valence-electron chi connectivity index (χ1n) is 10.3. The van der Waals surface area contributed by atoms with Crippen LogP contribution in [0.5, 0.6) is 5.75 Å². The van der Waals surface area contributed by atoms with E-state index in [9.17, 15) is 40.3 Å². The molecule has 196 valence electrons. The molecule has 1 saturated heterocycles. The maximum absolute atomic E-state index is 14.4. The number of aryl methyl sites for hydroxylation is 1. The normalized spacial score (nSPS) is 24.1. The van der Waals surface area contributed by atoms with E-state index < -0.39 is 71.1 Å². The molecule has 0 saturated carbocycles. The van der Waals surface area contributed by atoms with Gasteiger partial charge in [0.25, 0.3) is 11.8 Å². The monoisotopic (exact) mass is 523 g/mol. The number of aromatic nitrogens is 1. The number of benzene rings is 1. The van der Waals surface area contributed by atoms with Gasteiger partial charge in [-0.2, -0.15) is 26.3 Å². The summed E-state index contributed by atoms with van der Waals surface area (Å²) < 4.78 is 105. The number of nitrogens with zero attached hydrogens (tertiary/aromatic N) is 1. The molecule has 3 rings (SSSR count). The van der Waals surface area contributed by atoms with Gasteiger partial charge < -0.3 is 20.5 Å². The average molecular weight is 523 g/mol. The van der Waals surface area contributed by atoms with Crippen molar-refractivity contribution in [1.29, 1.82) is 0 Å². The highest BCUT2D eigenvalue weighted by Crippen LogP contribution is 2.55. The van der Waals surface area contributed by atoms with E-state index in [1.165, 1.54) is 13.1 Å². The Morgan fingerprint density at radius 3 is 2.44 bits per heavy atom. The number of carbonyl (C=O) groups excluding carboxylic acids is 2. The van der Waals surface area contributed by atoms with Gasteiger partial charge in [0.1, 0.15) is 11.8 Å². The molecule has 0 spiro atoms. The van der Waals surface area contributed by atoms with E-state index in [-0.39, 0.29) is 11.4 Å². The second kappa shape index (κ2) is 9.56. The summed E-state index contributed by atoms with van der Waals surface area (Å²) in [5, 5.41) is 2.31. The zero-order chi connectivity index (χ0) is 27.2. The maximum atomic E-state index is 14.4. The van der Waals surface area contributed by atoms with E-state index in [1.54, 1.807) is 0 Å². The van der Waals surface area contributed by atoms with Crippen LogP contribution in [0.25, 0.3) is 0 Å². The van der Waals surface area contributed by atoms with Gasteiger partial charge >= 0.3 is 12.8 Å². The number of pyridine rings is 1. The maximum Gasteiger partial charge on any atom is 0.417 e. The van der Waals surface area contributed by atoms with Gasteiger partial charge in [0.05, 0.1) is 0 Å². The van der Waals surface area contributed by atoms with Crippen LogP contribution in [-0.4, -0.2) is 41.3 Å². The van der Waals surface area contributed by atoms with Crippen molar-refractivity contribution in [2.45, 2.75) is 51.2 Å². The first-order chi connectivity index (χ1) is 16.6. The Kier molecular flexibility index (Phi) is 7.22. The minimum absolute atomic E-state index is 0.0474. The number of nitrogens with two attached hydrogens (primary N) is 1. The molecule has 2 aromatic rings. The highest BCUT2D eigenvalue weighted by molar-refractivity contribution is 5.98. The standard InChI is InChI=1S/C22H20F7N3O4/c1-8-7-31-13(18(30)33)6-12(8)32-19(34)17-14(9(2)21(3,36-17)22(27,28)29)10-4-5-11(23)15(24)16(10)35-20(25)26/h4-7,9,14,17,20H,1-3H3,(H2,30,33)(H,31,32,34)/t9-,14-,17-,21-/m0/s1. The highest BCUT2D eigenvalue weighted by atomic mass is 19.4. The van der Waals surface area contributed by atoms with Crippen molar-refractivity contribution in [1.82, 2.24) is 4.98 Å². The predicted octanol–water partition coefficient (Wildman–Crippen LogP) is 4.45. The van der Waals surface area contributed by atoms with Crippen molar-refractivity contribution in [3.63, 3.8) is 0 Å². The Morgan fingerprint density at radius 1 is 1.25 bits per heavy atom. The number of rotatable bonds is 6. The molecule has 0 bridgehead atoms. The molecule has 2 heterocycles. The van der Waals surface area contributed by atoms with Crippen LogP contribution in [0.15, 0.2) is 24.4 Å². The molecule has 1 aromatic heterocycles. The molecule has 4 atom stereocenters. The Balaban J connectivity index is 2.13. The van der Waals surface area contributed by atoms with Crippen molar-refractivity contribution < 1.29 is 49.8 Å². The number of halogens is 7. The van der Waals surface area contributed by atoms with Crippen molar-refractivity contribution in [2.75, 3.05) is 5.32 Å². The Hall–Kier alpha value is -3.42. The molecule has 0 aliphatic carbocycles. The molecule has 1 aliphatic rings. The third kappa shape index (κ3) is 4.81. The van der Waals surface area contributed by atoms with Crippen LogP contribution in [-0.2, 0) is 9.53 Å². The number of hydrogen-bond donors (Lipinski definition) is 2. The molecule has 7 nitrogen and oxygen atoms in total. The number of amides is 2. The van der Waals surface area contributed by atoms with Gasteiger partial charge in [-0.05, 0) is 31.5 Å². The number of alkyl halides is 5. The fourth-order valence-electron chi connectivity index (χ4n) is 4.04. The van der Waals surface area contributed by atoms with Crippen LogP contribution < -0.4 is 15.8 Å². The minimum Gasteiger partial charge on any atom is -0.431 e. The van der Waals surface area contributed by atoms with Crippen molar-refractivity contribution in [3.8, 4) is 5.75 Å². The molecular weight excluding hydrogens is 503 g/mol. The van der Waals surface area contributed by atoms with Gasteiger partial charge in [0.2, 0.25) is 5.82 Å². The number of nitrogens with one attached hydrogen (secondary N) is 1. The number of anilines is 1. The van der Waals surface area contributed by atoms with Gasteiger partial charge in [0.15, 0.2) is 17.2 Å². The van der Waals surface area contributed by atoms with E-state index in [0.29, 0.717) is 18.6 Å². The molecule has 1 aliphatic heterocycles. The molecule has 14 heteroatoms. The van der Waals surface area contributed by atoms with Gasteiger partial charge in [-0.15, -0.1) is 0 Å². The summed E-state index contributed by atoms with van der Waals surface area (Å²) in [4.78, 5) is 28.4. The summed E-state index contributed by atoms with van der Waals surface area (Å²) >= 11 is 0. The van der Waals surface area contributed by atoms with Crippen LogP contribution in [0.2, 0.25) is 0 Å². The van der Waals surface area contributed by atoms with Crippen molar-refractivity contribution >= 4 is 17.5 Å². The van der Waals surface area contributed by atoms with E-state index >= 15 is 0 Å². The first kappa shape index (κ1) is 27.2. The zero-order valence-electron chi connectivity index (χ0n) is 18.9. The third-order valence-corrected chi connectivity index (χ3v) is 6.19. The van der Waals surface area contributed by atoms with Gasteiger partial charge in [-0.3, -0.25) is 14.6 Å². The van der Waals surface area contributed by atoms with E-state index in [1.807, 2.05) is 0 Å². The summed E-state index contributed by atoms with van der Waals surface area (Å²) in [5.41, 5.74) is 1.53. The van der Waals surface area contributed by atoms with Crippen LogP contribution in [0.4, 0.5) is 36.4 Å². The molecule has 0 radical (unpaired) electrons. The van der Waals surface area contributed by atoms with Crippen LogP contribution >= 0.6 is 0 Å². The van der Waals surface area contributed by atoms with Gasteiger partial charge in [-0.1, -0.05) is 13.0 Å². The number of hydrogen-bond acceptors (Lipinski definition) is 5. The van der Waals surface area contributed by atoms with Gasteiger partial charge in [0, 0.05) is 29.3 Å². The first-order valence-corrected chi connectivity index (χ1v) is 10.3. The lowest BCUT2D eigenvalue weighted by molar-refractivity contribution is -0.272. The molecule has 0 unspecified atom stereocenters. The Labute approximate surface area is 199 Å². The molecular formula is C22H20F7N3O4. The van der Waals surface area contributed by atoms with E-state index in [4.69, 9.17) is 10.5 Å². The van der Waals surface area contributed by atoms with Crippen molar-refractivity contribution in [3.05, 3.63) is 52.9 Å². The van der Waals surface area contributed by atoms with E-state index in [2.05, 4.69) is 15.0 Å². The average Bonchev–Trinajstić information content (AvgIpc) is 3.05. The van der Waals surface area contributed by atoms with Crippen LogP contribution in [0, 0.1) is 24.5 Å². The predicted molar refractivity (Wildman–Crippen MR) is 110 cm³/mol. The Morgan fingerprint density at radius 2 is 1.89 bits per heavy atom. The lowest BCUT2D eigenvalue weighted by Gasteiger charge is -2.32. The second-order valence-electron chi connectivity index (χ2n) is 8.35. The summed E-state index contributed by atoms with van der Waals surface area (Å²) in [6.07, 6.45) is -5.90. The van der Waals surface area contributed by atoms with E-state index in [0.717, 1.165) is 19.1 Å². The van der Waals surface area contributed by atoms with Gasteiger partial charge in [-0.25, -0.2) is 4.39 Å². The Bertz CT molecular complexity index is 1190. The summed E-state index contributed by atoms with van der Waals surface area (Å²) in [6, 6.07) is 2.35. The third-order valence-electron chi connectivity index (χ3n) is 6.19. The fourth-order valence-corrected chi connectivity index (χ4v) is 4.04. The lowest BCUT2D eigenvalue weighted by Crippen LogP contribution is -2.47. The SMILES string of the molecule is Cc1cnc(C(N)=O)cc1NC(=O)[C@H]1O[C@](C)(C(F)(F)F)[C@@H](C)[C@H]1c1ccc(F)c(F)c1OC(F)F. The molecule has 1 fully saturated rings. The smallest absolute Gasteiger partial charge is 0.417 e. The summed E-state index contributed by atoms with van der Waals surface area (Å²) in [5.74, 6) is -10.3. The minimum atomic E-state index is -5.05. The number of ether oxygens (including phenoxy) is 2. The van der Waals surface area contributed by atoms with Crippen LogP contribution in [0.1, 0.15) is 41.4 Å². The topological polar surface area (TPSA) is 104 Å². The second-order valence-corrected chi connectivity index (χ2v) is 8.35. The number of primary amides is 1. The van der Waals surface area contributed by atoms with Crippen LogP contribution in [0.3, 0.4) is 0 Å². The summed E-state index contributed by atoms with van der Waals surface area (Å²) in [7, 11) is 0. The largest absolute Gasteiger partial charge is 0.431 e. The number of carbonyl (C=O) groups is 2. The lowest BCUT2D eigenvalue weighted by atomic mass is 9.77. The molecule has 36 heavy (non-hydrogen) atoms. The zero-order valence-corrected chi connectivity index (χ0v) is 18.9. The van der Waals surface area contributed by atoms with Crippen molar-refractivity contribution in [2.24, 2.45) is 11.7 Å². The molecule has 2 amide bonds. The fraction of sp³-hybridized carbons (Fsp3) is 0.409. The highest BCUT2D eigenvalue weighted by Gasteiger charge is 2.66. The molecule has 3 N–H and O–H groups in total.